The highest BCUT2D eigenvalue weighted by molar-refractivity contribution is 7.90. The summed E-state index contributed by atoms with van der Waals surface area (Å²) in [5.41, 5.74) is -0.261. The van der Waals surface area contributed by atoms with Gasteiger partial charge in [-0.05, 0) is 53.6 Å². The van der Waals surface area contributed by atoms with Crippen molar-refractivity contribution < 1.29 is 26.0 Å². The number of nitrogens with zero attached hydrogens (tertiary/aromatic N) is 5. The molecule has 0 aliphatic rings. The molecule has 0 radical (unpaired) electrons. The van der Waals surface area contributed by atoms with Gasteiger partial charge in [-0.25, -0.2) is 22.5 Å². The zero-order chi connectivity index (χ0) is 28.1. The summed E-state index contributed by atoms with van der Waals surface area (Å²) in [6.45, 7) is 0. The monoisotopic (exact) mass is 595 g/mol. The van der Waals surface area contributed by atoms with Crippen LogP contribution in [0.2, 0.25) is 10.0 Å². The van der Waals surface area contributed by atoms with Gasteiger partial charge >= 0.3 is 6.18 Å². The Hall–Kier alpha value is -3.74. The van der Waals surface area contributed by atoms with Gasteiger partial charge in [0.1, 0.15) is 17.8 Å². The Morgan fingerprint density at radius 2 is 1.74 bits per heavy atom. The summed E-state index contributed by atoms with van der Waals surface area (Å²) in [7, 11) is -3.58. The maximum Gasteiger partial charge on any atom is 0.434 e. The van der Waals surface area contributed by atoms with Gasteiger partial charge in [0.25, 0.3) is 0 Å². The summed E-state index contributed by atoms with van der Waals surface area (Å²) in [5, 5.41) is 8.56. The van der Waals surface area contributed by atoms with Crippen molar-refractivity contribution >= 4 is 33.0 Å². The van der Waals surface area contributed by atoms with Gasteiger partial charge in [0, 0.05) is 23.0 Å². The van der Waals surface area contributed by atoms with E-state index in [2.05, 4.69) is 15.3 Å². The van der Waals surface area contributed by atoms with E-state index >= 15 is 4.39 Å². The second kappa shape index (κ2) is 9.78. The van der Waals surface area contributed by atoms with E-state index in [9.17, 15) is 21.6 Å². The summed E-state index contributed by atoms with van der Waals surface area (Å²) >= 11 is 12.4. The van der Waals surface area contributed by atoms with E-state index in [1.54, 1.807) is 18.2 Å². The molecular weight excluding hydrogens is 581 g/mol. The van der Waals surface area contributed by atoms with Crippen LogP contribution in [0.1, 0.15) is 5.69 Å². The number of benzene rings is 3. The second-order valence-electron chi connectivity index (χ2n) is 8.44. The van der Waals surface area contributed by atoms with Gasteiger partial charge < -0.3 is 4.57 Å². The molecule has 0 amide bonds. The summed E-state index contributed by atoms with van der Waals surface area (Å²) in [4.78, 5) is 3.38. The molecule has 14 heteroatoms. The molecule has 0 saturated carbocycles. The van der Waals surface area contributed by atoms with E-state index < -0.39 is 27.5 Å². The minimum atomic E-state index is -4.76. The van der Waals surface area contributed by atoms with Crippen LogP contribution in [0.3, 0.4) is 0 Å². The first kappa shape index (κ1) is 26.9. The Kier molecular flexibility index (Phi) is 6.73. The van der Waals surface area contributed by atoms with Gasteiger partial charge in [-0.3, -0.25) is 0 Å². The van der Waals surface area contributed by atoms with Gasteiger partial charge in [0.05, 0.1) is 27.5 Å². The SMILES string of the molecule is CS(=O)(=O)c1cccc(-c2cc(F)c(-n3cnc(C(F)(F)F)c3)c(-n3nncc3-c3ccc(Cl)cc3Cl)c2)c1. The lowest BCUT2D eigenvalue weighted by Crippen LogP contribution is -2.09. The summed E-state index contributed by atoms with van der Waals surface area (Å²) in [6, 6.07) is 13.0. The molecule has 2 heterocycles. The minimum absolute atomic E-state index is 0.00449. The van der Waals surface area contributed by atoms with Gasteiger partial charge in [-0.15, -0.1) is 5.10 Å². The van der Waals surface area contributed by atoms with Gasteiger partial charge in [-0.2, -0.15) is 13.2 Å². The molecule has 39 heavy (non-hydrogen) atoms. The van der Waals surface area contributed by atoms with Crippen molar-refractivity contribution in [2.45, 2.75) is 11.1 Å². The van der Waals surface area contributed by atoms with Crippen molar-refractivity contribution in [1.82, 2.24) is 24.5 Å². The van der Waals surface area contributed by atoms with Crippen LogP contribution in [0, 0.1) is 5.82 Å². The molecule has 0 atom stereocenters. The molecule has 2 aromatic heterocycles. The molecule has 0 spiro atoms. The first-order valence-corrected chi connectivity index (χ1v) is 13.6. The van der Waals surface area contributed by atoms with Crippen LogP contribution in [-0.2, 0) is 16.0 Å². The lowest BCUT2D eigenvalue weighted by molar-refractivity contribution is -0.140. The predicted molar refractivity (Wildman–Crippen MR) is 137 cm³/mol. The first-order valence-electron chi connectivity index (χ1n) is 10.9. The number of sulfone groups is 1. The Labute approximate surface area is 229 Å². The molecule has 5 rings (SSSR count). The van der Waals surface area contributed by atoms with Crippen LogP contribution in [-0.4, -0.2) is 39.2 Å². The topological polar surface area (TPSA) is 82.7 Å². The predicted octanol–water partition coefficient (Wildman–Crippen LogP) is 6.66. The lowest BCUT2D eigenvalue weighted by Gasteiger charge is -2.16. The average Bonchev–Trinajstić information content (AvgIpc) is 3.53. The van der Waals surface area contributed by atoms with E-state index in [1.807, 2.05) is 0 Å². The van der Waals surface area contributed by atoms with Crippen molar-refractivity contribution in [1.29, 1.82) is 0 Å². The van der Waals surface area contributed by atoms with Crippen molar-refractivity contribution in [3.8, 4) is 33.8 Å². The zero-order valence-corrected chi connectivity index (χ0v) is 22.0. The quantitative estimate of drug-likeness (QED) is 0.212. The fourth-order valence-corrected chi connectivity index (χ4v) is 5.13. The van der Waals surface area contributed by atoms with Gasteiger partial charge in [0.15, 0.2) is 15.5 Å². The highest BCUT2D eigenvalue weighted by Crippen LogP contribution is 2.36. The molecule has 0 aliphatic heterocycles. The molecule has 0 aliphatic carbocycles. The van der Waals surface area contributed by atoms with Crippen molar-refractivity contribution in [3.05, 3.63) is 94.9 Å². The third-order valence-electron chi connectivity index (χ3n) is 5.75. The molecule has 200 valence electrons. The fourth-order valence-electron chi connectivity index (χ4n) is 3.96. The van der Waals surface area contributed by atoms with Crippen LogP contribution in [0.25, 0.3) is 33.8 Å². The summed E-state index contributed by atoms with van der Waals surface area (Å²) in [5.74, 6) is -0.929. The van der Waals surface area contributed by atoms with Crippen LogP contribution < -0.4 is 0 Å². The van der Waals surface area contributed by atoms with Crippen LogP contribution in [0.5, 0.6) is 0 Å². The smallest absolute Gasteiger partial charge is 0.301 e. The van der Waals surface area contributed by atoms with E-state index in [0.29, 0.717) is 22.3 Å². The van der Waals surface area contributed by atoms with Gasteiger partial charge in [0.2, 0.25) is 0 Å². The fraction of sp³-hybridized carbons (Fsp3) is 0.0800. The van der Waals surface area contributed by atoms with Gasteiger partial charge in [-0.1, -0.05) is 40.5 Å². The number of hydrogen-bond donors (Lipinski definition) is 0. The number of alkyl halides is 3. The Morgan fingerprint density at radius 1 is 0.974 bits per heavy atom. The van der Waals surface area contributed by atoms with E-state index in [-0.39, 0.29) is 32.6 Å². The average molecular weight is 596 g/mol. The maximum absolute atomic E-state index is 15.8. The largest absolute Gasteiger partial charge is 0.434 e. The van der Waals surface area contributed by atoms with E-state index in [1.165, 1.54) is 41.2 Å². The summed E-state index contributed by atoms with van der Waals surface area (Å²) < 4.78 is 82.0. The molecular formula is C25H15Cl2F4N5O2S. The third kappa shape index (κ3) is 5.27. The molecule has 0 saturated heterocycles. The molecule has 0 bridgehead atoms. The first-order chi connectivity index (χ1) is 18.3. The minimum Gasteiger partial charge on any atom is -0.301 e. The highest BCUT2D eigenvalue weighted by atomic mass is 35.5. The van der Waals surface area contributed by atoms with Crippen molar-refractivity contribution in [2.75, 3.05) is 6.26 Å². The molecule has 3 aromatic carbocycles. The second-order valence-corrected chi connectivity index (χ2v) is 11.3. The number of imidazole rings is 1. The number of halogens is 6. The highest BCUT2D eigenvalue weighted by Gasteiger charge is 2.34. The Balaban J connectivity index is 1.78. The van der Waals surface area contributed by atoms with Crippen LogP contribution in [0.4, 0.5) is 17.6 Å². The maximum atomic E-state index is 15.8. The standard InChI is InChI=1S/C25H15Cl2F4N5O2S/c1-39(37,38)17-4-2-3-14(7-17)15-8-20(28)24(35-12-23(32-13-35)25(29,30)31)21(9-15)36-22(11-33-34-36)18-6-5-16(26)10-19(18)27/h2-13H,1H3. The molecule has 0 fully saturated rings. The van der Waals surface area contributed by atoms with E-state index in [4.69, 9.17) is 23.2 Å². The molecule has 0 N–H and O–H groups in total. The number of hydrogen-bond acceptors (Lipinski definition) is 5. The van der Waals surface area contributed by atoms with Crippen LogP contribution in [0.15, 0.2) is 78.2 Å². The summed E-state index contributed by atoms with van der Waals surface area (Å²) in [6.07, 6.45) is -0.889. The molecule has 5 aromatic rings. The molecule has 0 unspecified atom stereocenters. The van der Waals surface area contributed by atoms with Crippen molar-refractivity contribution in [3.63, 3.8) is 0 Å². The molecule has 7 nitrogen and oxygen atoms in total. The normalized spacial score (nSPS) is 12.2. The zero-order valence-electron chi connectivity index (χ0n) is 19.7. The number of aromatic nitrogens is 5. The Bertz CT molecular complexity index is 1830. The van der Waals surface area contributed by atoms with Crippen molar-refractivity contribution in [2.24, 2.45) is 0 Å². The Morgan fingerprint density at radius 3 is 2.41 bits per heavy atom. The van der Waals surface area contributed by atoms with Crippen LogP contribution >= 0.6 is 23.2 Å². The third-order valence-corrected chi connectivity index (χ3v) is 7.41. The number of rotatable bonds is 5. The van der Waals surface area contributed by atoms with E-state index in [0.717, 1.165) is 23.2 Å². The lowest BCUT2D eigenvalue weighted by atomic mass is 10.0.